The summed E-state index contributed by atoms with van der Waals surface area (Å²) in [7, 11) is 0. The lowest BCUT2D eigenvalue weighted by Gasteiger charge is -2.44. The molecular weight excluding hydrogens is 324 g/mol. The van der Waals surface area contributed by atoms with E-state index in [1.54, 1.807) is 0 Å². The number of nitrogens with one attached hydrogen (secondary N) is 1. The van der Waals surface area contributed by atoms with Gasteiger partial charge in [0.25, 0.3) is 5.91 Å². The van der Waals surface area contributed by atoms with Crippen molar-refractivity contribution in [1.29, 1.82) is 0 Å². The average Bonchev–Trinajstić information content (AvgIpc) is 3.01. The van der Waals surface area contributed by atoms with Gasteiger partial charge in [-0.25, -0.2) is 0 Å². The maximum atomic E-state index is 13.1. The van der Waals surface area contributed by atoms with Crippen LogP contribution in [0.15, 0.2) is 24.3 Å². The highest BCUT2D eigenvalue weighted by Crippen LogP contribution is 2.41. The summed E-state index contributed by atoms with van der Waals surface area (Å²) in [6, 6.07) is 8.24. The van der Waals surface area contributed by atoms with Crippen molar-refractivity contribution in [3.8, 4) is 0 Å². The van der Waals surface area contributed by atoms with Crippen LogP contribution in [-0.4, -0.2) is 28.3 Å². The first-order valence-electron chi connectivity index (χ1n) is 10.4. The Kier molecular flexibility index (Phi) is 5.01. The molecule has 4 rings (SSSR count). The number of benzene rings is 1. The molecule has 1 aromatic carbocycles. The highest BCUT2D eigenvalue weighted by molar-refractivity contribution is 5.99. The Morgan fingerprint density at radius 1 is 1.04 bits per heavy atom. The molecule has 0 saturated heterocycles. The van der Waals surface area contributed by atoms with Gasteiger partial charge in [-0.3, -0.25) is 9.59 Å². The van der Waals surface area contributed by atoms with Gasteiger partial charge in [-0.15, -0.1) is 0 Å². The van der Waals surface area contributed by atoms with E-state index in [2.05, 4.69) is 5.32 Å². The van der Waals surface area contributed by atoms with Crippen molar-refractivity contribution < 1.29 is 9.59 Å². The van der Waals surface area contributed by atoms with Crippen molar-refractivity contribution in [1.82, 2.24) is 10.2 Å². The van der Waals surface area contributed by atoms with Crippen molar-refractivity contribution in [3.63, 3.8) is 0 Å². The fourth-order valence-electron chi connectivity index (χ4n) is 5.21. The van der Waals surface area contributed by atoms with Gasteiger partial charge in [0.2, 0.25) is 5.91 Å². The van der Waals surface area contributed by atoms with Crippen LogP contribution in [0.5, 0.6) is 0 Å². The van der Waals surface area contributed by atoms with E-state index in [1.165, 1.54) is 25.7 Å². The van der Waals surface area contributed by atoms with Gasteiger partial charge in [0.05, 0.1) is 5.54 Å². The second kappa shape index (κ2) is 7.42. The highest BCUT2D eigenvalue weighted by Gasteiger charge is 2.45. The summed E-state index contributed by atoms with van der Waals surface area (Å²) in [6.45, 7) is 0.658. The van der Waals surface area contributed by atoms with Crippen LogP contribution in [0, 0.1) is 0 Å². The second-order valence-corrected chi connectivity index (χ2v) is 8.41. The molecule has 26 heavy (non-hydrogen) atoms. The number of carbonyl (C=O) groups is 2. The standard InChI is InChI=1S/C22H30N2O2/c25-20(23-18-10-3-1-4-11-18)15-22(13-7-2-8-14-22)24-16-17-9-5-6-12-19(17)21(24)26/h5-6,9,12,18H,1-4,7-8,10-11,13-16H2,(H,23,25). The van der Waals surface area contributed by atoms with E-state index < -0.39 is 0 Å². The molecule has 2 amide bonds. The van der Waals surface area contributed by atoms with Crippen molar-refractivity contribution in [2.24, 2.45) is 0 Å². The first kappa shape index (κ1) is 17.6. The Morgan fingerprint density at radius 3 is 2.46 bits per heavy atom. The number of hydrogen-bond donors (Lipinski definition) is 1. The van der Waals surface area contributed by atoms with Gasteiger partial charge in [-0.2, -0.15) is 0 Å². The van der Waals surface area contributed by atoms with Gasteiger partial charge in [-0.05, 0) is 37.3 Å². The minimum absolute atomic E-state index is 0.118. The summed E-state index contributed by atoms with van der Waals surface area (Å²) in [6.07, 6.45) is 11.7. The molecule has 2 fully saturated rings. The summed E-state index contributed by atoms with van der Waals surface area (Å²) in [5.74, 6) is 0.260. The van der Waals surface area contributed by atoms with E-state index in [-0.39, 0.29) is 17.4 Å². The van der Waals surface area contributed by atoms with Gasteiger partial charge in [0.1, 0.15) is 0 Å². The van der Waals surface area contributed by atoms with Gasteiger partial charge < -0.3 is 10.2 Å². The smallest absolute Gasteiger partial charge is 0.254 e. The SMILES string of the molecule is O=C(CC1(N2Cc3ccccc3C2=O)CCCCC1)NC1CCCCC1. The minimum atomic E-state index is -0.299. The third kappa shape index (κ3) is 3.38. The monoisotopic (exact) mass is 354 g/mol. The van der Waals surface area contributed by atoms with Gasteiger partial charge in [-0.1, -0.05) is 56.7 Å². The normalized spacial score (nSPS) is 22.9. The van der Waals surface area contributed by atoms with Crippen molar-refractivity contribution in [3.05, 3.63) is 35.4 Å². The zero-order chi connectivity index (χ0) is 18.0. The van der Waals surface area contributed by atoms with E-state index in [0.29, 0.717) is 19.0 Å². The highest BCUT2D eigenvalue weighted by atomic mass is 16.2. The summed E-state index contributed by atoms with van der Waals surface area (Å²) in [5, 5.41) is 3.27. The molecule has 1 N–H and O–H groups in total. The number of fused-ring (bicyclic) bond motifs is 1. The Hall–Kier alpha value is -1.84. The topological polar surface area (TPSA) is 49.4 Å². The lowest BCUT2D eigenvalue weighted by atomic mass is 9.77. The van der Waals surface area contributed by atoms with Crippen molar-refractivity contribution >= 4 is 11.8 Å². The van der Waals surface area contributed by atoms with Gasteiger partial charge >= 0.3 is 0 Å². The molecule has 0 radical (unpaired) electrons. The molecule has 2 saturated carbocycles. The fraction of sp³-hybridized carbons (Fsp3) is 0.636. The number of amides is 2. The molecule has 0 aromatic heterocycles. The first-order valence-corrected chi connectivity index (χ1v) is 10.4. The number of nitrogens with zero attached hydrogens (tertiary/aromatic N) is 1. The predicted molar refractivity (Wildman–Crippen MR) is 102 cm³/mol. The van der Waals surface area contributed by atoms with Crippen LogP contribution in [0.3, 0.4) is 0 Å². The molecule has 0 unspecified atom stereocenters. The quantitative estimate of drug-likeness (QED) is 0.881. The number of hydrogen-bond acceptors (Lipinski definition) is 2. The molecular formula is C22H30N2O2. The Bertz CT molecular complexity index is 672. The van der Waals surface area contributed by atoms with Gasteiger partial charge in [0, 0.05) is 24.6 Å². The van der Waals surface area contributed by atoms with E-state index in [4.69, 9.17) is 0 Å². The molecule has 1 aromatic rings. The van der Waals surface area contributed by atoms with Crippen LogP contribution < -0.4 is 5.32 Å². The lowest BCUT2D eigenvalue weighted by Crippen LogP contribution is -2.53. The number of rotatable bonds is 4. The van der Waals surface area contributed by atoms with Gasteiger partial charge in [0.15, 0.2) is 0 Å². The van der Waals surface area contributed by atoms with Crippen LogP contribution in [-0.2, 0) is 11.3 Å². The molecule has 0 spiro atoms. The fourth-order valence-corrected chi connectivity index (χ4v) is 5.21. The van der Waals surface area contributed by atoms with Crippen LogP contribution in [0.4, 0.5) is 0 Å². The molecule has 0 bridgehead atoms. The molecule has 1 aliphatic heterocycles. The molecule has 4 nitrogen and oxygen atoms in total. The minimum Gasteiger partial charge on any atom is -0.353 e. The third-order valence-corrected chi connectivity index (χ3v) is 6.64. The Labute approximate surface area is 156 Å². The van der Waals surface area contributed by atoms with Crippen LogP contribution in [0.1, 0.15) is 86.6 Å². The zero-order valence-corrected chi connectivity index (χ0v) is 15.6. The summed E-state index contributed by atoms with van der Waals surface area (Å²) < 4.78 is 0. The van der Waals surface area contributed by atoms with Crippen molar-refractivity contribution in [2.45, 2.75) is 88.8 Å². The van der Waals surface area contributed by atoms with E-state index in [0.717, 1.165) is 49.7 Å². The van der Waals surface area contributed by atoms with Crippen LogP contribution >= 0.6 is 0 Å². The average molecular weight is 354 g/mol. The second-order valence-electron chi connectivity index (χ2n) is 8.41. The van der Waals surface area contributed by atoms with E-state index >= 15 is 0 Å². The molecule has 2 aliphatic carbocycles. The molecule has 4 heteroatoms. The Morgan fingerprint density at radius 2 is 1.73 bits per heavy atom. The zero-order valence-electron chi connectivity index (χ0n) is 15.6. The van der Waals surface area contributed by atoms with Crippen LogP contribution in [0.2, 0.25) is 0 Å². The summed E-state index contributed by atoms with van der Waals surface area (Å²) in [4.78, 5) is 28.0. The van der Waals surface area contributed by atoms with Crippen molar-refractivity contribution in [2.75, 3.05) is 0 Å². The maximum Gasteiger partial charge on any atom is 0.254 e. The summed E-state index contributed by atoms with van der Waals surface area (Å²) in [5.41, 5.74) is 1.63. The predicted octanol–water partition coefficient (Wildman–Crippen LogP) is 4.18. The first-order chi connectivity index (χ1) is 12.7. The third-order valence-electron chi connectivity index (χ3n) is 6.64. The molecule has 3 aliphatic rings. The number of carbonyl (C=O) groups excluding carboxylic acids is 2. The maximum absolute atomic E-state index is 13.1. The van der Waals surface area contributed by atoms with E-state index in [1.807, 2.05) is 29.2 Å². The largest absolute Gasteiger partial charge is 0.353 e. The molecule has 140 valence electrons. The summed E-state index contributed by atoms with van der Waals surface area (Å²) >= 11 is 0. The Balaban J connectivity index is 1.51. The van der Waals surface area contributed by atoms with Crippen LogP contribution in [0.25, 0.3) is 0 Å². The lowest BCUT2D eigenvalue weighted by molar-refractivity contribution is -0.125. The molecule has 1 heterocycles. The van der Waals surface area contributed by atoms with E-state index in [9.17, 15) is 9.59 Å². The molecule has 0 atom stereocenters.